The van der Waals surface area contributed by atoms with E-state index < -0.39 is 15.8 Å². The maximum absolute atomic E-state index is 12.9. The Balaban J connectivity index is 1.98. The van der Waals surface area contributed by atoms with Crippen molar-refractivity contribution >= 4 is 21.4 Å². The molecule has 6 heteroatoms. The number of hydrogen-bond acceptors (Lipinski definition) is 3. The van der Waals surface area contributed by atoms with Crippen molar-refractivity contribution in [1.29, 1.82) is 0 Å². The standard InChI is InChI=1S/C15H15FN2O2S/c1-18(13-4-2-12(16)3-5-13)21(19,20)14-6-7-15-11(10-14)8-9-17-15/h2-7,10,17H,8-9H2,1H3. The van der Waals surface area contributed by atoms with Gasteiger partial charge in [-0.3, -0.25) is 4.31 Å². The molecule has 0 fully saturated rings. The summed E-state index contributed by atoms with van der Waals surface area (Å²) in [7, 11) is -2.18. The highest BCUT2D eigenvalue weighted by molar-refractivity contribution is 7.92. The molecule has 0 saturated heterocycles. The van der Waals surface area contributed by atoms with E-state index in [-0.39, 0.29) is 4.90 Å². The minimum atomic E-state index is -3.64. The van der Waals surface area contributed by atoms with Crippen LogP contribution in [0.2, 0.25) is 0 Å². The molecule has 2 aromatic rings. The SMILES string of the molecule is CN(c1ccc(F)cc1)S(=O)(=O)c1ccc2c(c1)CCN2. The van der Waals surface area contributed by atoms with E-state index >= 15 is 0 Å². The molecule has 4 nitrogen and oxygen atoms in total. The average Bonchev–Trinajstić information content (AvgIpc) is 2.94. The molecule has 0 aliphatic carbocycles. The Kier molecular flexibility index (Phi) is 3.33. The largest absolute Gasteiger partial charge is 0.384 e. The first-order valence-electron chi connectivity index (χ1n) is 6.60. The third kappa shape index (κ3) is 2.47. The summed E-state index contributed by atoms with van der Waals surface area (Å²) in [5.41, 5.74) is 2.41. The maximum Gasteiger partial charge on any atom is 0.264 e. The van der Waals surface area contributed by atoms with Gasteiger partial charge in [0.25, 0.3) is 10.0 Å². The molecule has 1 aliphatic heterocycles. The second kappa shape index (κ2) is 5.04. The molecule has 0 atom stereocenters. The van der Waals surface area contributed by atoms with E-state index in [1.54, 1.807) is 18.2 Å². The third-order valence-corrected chi connectivity index (χ3v) is 5.42. The first kappa shape index (κ1) is 13.9. The van der Waals surface area contributed by atoms with Gasteiger partial charge in [0.05, 0.1) is 10.6 Å². The summed E-state index contributed by atoms with van der Waals surface area (Å²) < 4.78 is 39.4. The summed E-state index contributed by atoms with van der Waals surface area (Å²) in [6.45, 7) is 0.826. The normalized spacial score (nSPS) is 13.6. The van der Waals surface area contributed by atoms with E-state index in [1.165, 1.54) is 31.3 Å². The van der Waals surface area contributed by atoms with Crippen LogP contribution in [0.4, 0.5) is 15.8 Å². The summed E-state index contributed by atoms with van der Waals surface area (Å²) in [5, 5.41) is 3.20. The number of halogens is 1. The monoisotopic (exact) mass is 306 g/mol. The van der Waals surface area contributed by atoms with Crippen LogP contribution in [-0.2, 0) is 16.4 Å². The average molecular weight is 306 g/mol. The summed E-state index contributed by atoms with van der Waals surface area (Å²) in [4.78, 5) is 0.247. The van der Waals surface area contributed by atoms with Gasteiger partial charge in [-0.1, -0.05) is 0 Å². The molecule has 0 bridgehead atoms. The molecule has 2 aromatic carbocycles. The van der Waals surface area contributed by atoms with Crippen LogP contribution >= 0.6 is 0 Å². The molecule has 0 saturated carbocycles. The van der Waals surface area contributed by atoms with Gasteiger partial charge in [-0.15, -0.1) is 0 Å². The summed E-state index contributed by atoms with van der Waals surface area (Å²) in [6.07, 6.45) is 0.818. The van der Waals surface area contributed by atoms with Crippen LogP contribution in [0.3, 0.4) is 0 Å². The highest BCUT2D eigenvalue weighted by Crippen LogP contribution is 2.28. The smallest absolute Gasteiger partial charge is 0.264 e. The Bertz CT molecular complexity index is 773. The lowest BCUT2D eigenvalue weighted by Crippen LogP contribution is -2.26. The number of anilines is 2. The second-order valence-corrected chi connectivity index (χ2v) is 6.91. The van der Waals surface area contributed by atoms with Crippen molar-refractivity contribution in [2.45, 2.75) is 11.3 Å². The topological polar surface area (TPSA) is 49.4 Å². The number of benzene rings is 2. The van der Waals surface area contributed by atoms with Crippen LogP contribution in [0.15, 0.2) is 47.4 Å². The Morgan fingerprint density at radius 1 is 1.14 bits per heavy atom. The molecule has 0 aromatic heterocycles. The molecule has 3 rings (SSSR count). The van der Waals surface area contributed by atoms with Crippen molar-refractivity contribution in [2.75, 3.05) is 23.2 Å². The van der Waals surface area contributed by atoms with Crippen molar-refractivity contribution in [2.24, 2.45) is 0 Å². The Morgan fingerprint density at radius 2 is 1.86 bits per heavy atom. The highest BCUT2D eigenvalue weighted by atomic mass is 32.2. The summed E-state index contributed by atoms with van der Waals surface area (Å²) >= 11 is 0. The molecule has 0 unspecified atom stereocenters. The van der Waals surface area contributed by atoms with Crippen LogP contribution in [0.5, 0.6) is 0 Å². The lowest BCUT2D eigenvalue weighted by atomic mass is 10.2. The molecule has 21 heavy (non-hydrogen) atoms. The fourth-order valence-corrected chi connectivity index (χ4v) is 3.64. The second-order valence-electron chi connectivity index (χ2n) is 4.94. The number of rotatable bonds is 3. The van der Waals surface area contributed by atoms with E-state index in [9.17, 15) is 12.8 Å². The molecule has 110 valence electrons. The maximum atomic E-state index is 12.9. The van der Waals surface area contributed by atoms with Gasteiger partial charge in [-0.2, -0.15) is 0 Å². The predicted molar refractivity (Wildman–Crippen MR) is 80.6 cm³/mol. The highest BCUT2D eigenvalue weighted by Gasteiger charge is 2.23. The Morgan fingerprint density at radius 3 is 2.57 bits per heavy atom. The number of nitrogens with one attached hydrogen (secondary N) is 1. The lowest BCUT2D eigenvalue weighted by Gasteiger charge is -2.20. The van der Waals surface area contributed by atoms with Gasteiger partial charge in [0.1, 0.15) is 5.82 Å². The first-order valence-corrected chi connectivity index (χ1v) is 8.04. The van der Waals surface area contributed by atoms with Crippen LogP contribution in [0.25, 0.3) is 0 Å². The summed E-state index contributed by atoms with van der Waals surface area (Å²) in [5.74, 6) is -0.395. The molecule has 0 spiro atoms. The minimum Gasteiger partial charge on any atom is -0.384 e. The van der Waals surface area contributed by atoms with Gasteiger partial charge in [-0.25, -0.2) is 12.8 Å². The molecule has 0 radical (unpaired) electrons. The molecule has 1 heterocycles. The zero-order valence-corrected chi connectivity index (χ0v) is 12.3. The van der Waals surface area contributed by atoms with Crippen molar-refractivity contribution < 1.29 is 12.8 Å². The quantitative estimate of drug-likeness (QED) is 0.948. The van der Waals surface area contributed by atoms with Gasteiger partial charge in [-0.05, 0) is 54.4 Å². The molecular weight excluding hydrogens is 291 g/mol. The van der Waals surface area contributed by atoms with Gasteiger partial charge in [0, 0.05) is 19.3 Å². The van der Waals surface area contributed by atoms with Crippen LogP contribution in [-0.4, -0.2) is 22.0 Å². The fourth-order valence-electron chi connectivity index (χ4n) is 2.39. The number of fused-ring (bicyclic) bond motifs is 1. The summed E-state index contributed by atoms with van der Waals surface area (Å²) in [6, 6.07) is 10.5. The fraction of sp³-hybridized carbons (Fsp3) is 0.200. The number of nitrogens with zero attached hydrogens (tertiary/aromatic N) is 1. The van der Waals surface area contributed by atoms with E-state index in [0.717, 1.165) is 28.5 Å². The Hall–Kier alpha value is -2.08. The van der Waals surface area contributed by atoms with Crippen molar-refractivity contribution in [1.82, 2.24) is 0 Å². The van der Waals surface area contributed by atoms with Gasteiger partial charge < -0.3 is 5.32 Å². The van der Waals surface area contributed by atoms with E-state index in [1.807, 2.05) is 0 Å². The van der Waals surface area contributed by atoms with Gasteiger partial charge in [0.15, 0.2) is 0 Å². The van der Waals surface area contributed by atoms with Gasteiger partial charge in [0.2, 0.25) is 0 Å². The molecule has 1 aliphatic rings. The third-order valence-electron chi connectivity index (χ3n) is 3.64. The van der Waals surface area contributed by atoms with E-state index in [4.69, 9.17) is 0 Å². The Labute approximate surface area is 123 Å². The first-order chi connectivity index (χ1) is 9.98. The van der Waals surface area contributed by atoms with Gasteiger partial charge >= 0.3 is 0 Å². The number of sulfonamides is 1. The molecule has 1 N–H and O–H groups in total. The number of hydrogen-bond donors (Lipinski definition) is 1. The minimum absolute atomic E-state index is 0.247. The van der Waals surface area contributed by atoms with Crippen molar-refractivity contribution in [3.8, 4) is 0 Å². The van der Waals surface area contributed by atoms with Crippen LogP contribution in [0.1, 0.15) is 5.56 Å². The van der Waals surface area contributed by atoms with Crippen molar-refractivity contribution in [3.63, 3.8) is 0 Å². The van der Waals surface area contributed by atoms with E-state index in [0.29, 0.717) is 5.69 Å². The zero-order chi connectivity index (χ0) is 15.0. The molecule has 0 amide bonds. The van der Waals surface area contributed by atoms with Crippen LogP contribution < -0.4 is 9.62 Å². The predicted octanol–water partition coefficient (Wildman–Crippen LogP) is 2.62. The lowest BCUT2D eigenvalue weighted by molar-refractivity contribution is 0.594. The molecular formula is C15H15FN2O2S. The van der Waals surface area contributed by atoms with E-state index in [2.05, 4.69) is 5.32 Å². The van der Waals surface area contributed by atoms with Crippen molar-refractivity contribution in [3.05, 3.63) is 53.8 Å². The zero-order valence-electron chi connectivity index (χ0n) is 11.5. The van der Waals surface area contributed by atoms with Crippen LogP contribution in [0, 0.1) is 5.82 Å².